The highest BCUT2D eigenvalue weighted by Gasteiger charge is 2.36. The number of aromatic nitrogens is 2. The smallest absolute Gasteiger partial charge is 0.225 e. The van der Waals surface area contributed by atoms with Crippen LogP contribution in [-0.4, -0.2) is 47.1 Å². The molecule has 26 heavy (non-hydrogen) atoms. The van der Waals surface area contributed by atoms with Gasteiger partial charge in [0.15, 0.2) is 0 Å². The average Bonchev–Trinajstić information content (AvgIpc) is 3.36. The molecule has 0 saturated carbocycles. The first-order chi connectivity index (χ1) is 12.9. The van der Waals surface area contributed by atoms with E-state index < -0.39 is 0 Å². The lowest BCUT2D eigenvalue weighted by Crippen LogP contribution is -2.39. The molecule has 3 aliphatic rings. The van der Waals surface area contributed by atoms with E-state index in [0.717, 1.165) is 36.9 Å². The number of hydrogen-bond donors (Lipinski definition) is 0. The Kier molecular flexibility index (Phi) is 4.37. The Hall–Kier alpha value is -1.94. The van der Waals surface area contributed by atoms with Crippen LogP contribution in [0.5, 0.6) is 0 Å². The first-order valence-corrected chi connectivity index (χ1v) is 10.2. The summed E-state index contributed by atoms with van der Waals surface area (Å²) in [5, 5.41) is 0. The van der Waals surface area contributed by atoms with Crippen LogP contribution in [0.15, 0.2) is 42.7 Å². The molecule has 1 unspecified atom stereocenters. The minimum absolute atomic E-state index is 0.746. The van der Waals surface area contributed by atoms with Crippen molar-refractivity contribution < 1.29 is 0 Å². The van der Waals surface area contributed by atoms with E-state index in [1.165, 1.54) is 45.2 Å². The highest BCUT2D eigenvalue weighted by molar-refractivity contribution is 5.33. The molecule has 1 aromatic carbocycles. The molecule has 0 bridgehead atoms. The quantitative estimate of drug-likeness (QED) is 0.853. The second-order valence-electron chi connectivity index (χ2n) is 8.25. The Morgan fingerprint density at radius 1 is 0.769 bits per heavy atom. The molecule has 5 rings (SSSR count). The SMILES string of the molecule is c1cnc(N2CCC(C3CCN(C4Cc5ccccc5C4)C3)CC2)nc1. The van der Waals surface area contributed by atoms with Crippen LogP contribution in [0, 0.1) is 11.8 Å². The van der Waals surface area contributed by atoms with Crippen LogP contribution in [-0.2, 0) is 12.8 Å². The Bertz CT molecular complexity index is 714. The van der Waals surface area contributed by atoms with E-state index in [9.17, 15) is 0 Å². The van der Waals surface area contributed by atoms with Gasteiger partial charge < -0.3 is 4.90 Å². The van der Waals surface area contributed by atoms with Crippen LogP contribution in [0.1, 0.15) is 30.4 Å². The molecule has 4 heteroatoms. The first kappa shape index (κ1) is 16.2. The van der Waals surface area contributed by atoms with Crippen molar-refractivity contribution in [1.29, 1.82) is 0 Å². The van der Waals surface area contributed by atoms with Gasteiger partial charge in [0.25, 0.3) is 0 Å². The summed E-state index contributed by atoms with van der Waals surface area (Å²) in [7, 11) is 0. The van der Waals surface area contributed by atoms with Gasteiger partial charge in [-0.3, -0.25) is 4.90 Å². The first-order valence-electron chi connectivity index (χ1n) is 10.2. The van der Waals surface area contributed by atoms with Gasteiger partial charge in [-0.15, -0.1) is 0 Å². The molecular formula is C22H28N4. The third-order valence-electron chi connectivity index (χ3n) is 6.84. The number of likely N-dealkylation sites (tertiary alicyclic amines) is 1. The van der Waals surface area contributed by atoms with Gasteiger partial charge in [-0.25, -0.2) is 9.97 Å². The van der Waals surface area contributed by atoms with Gasteiger partial charge in [0.2, 0.25) is 5.95 Å². The zero-order chi connectivity index (χ0) is 17.3. The van der Waals surface area contributed by atoms with Crippen LogP contribution >= 0.6 is 0 Å². The molecule has 3 heterocycles. The second-order valence-corrected chi connectivity index (χ2v) is 8.25. The molecule has 2 aromatic rings. The lowest BCUT2D eigenvalue weighted by molar-refractivity contribution is 0.214. The predicted octanol–water partition coefficient (Wildman–Crippen LogP) is 3.18. The molecule has 1 aliphatic carbocycles. The fourth-order valence-electron chi connectivity index (χ4n) is 5.35. The largest absolute Gasteiger partial charge is 0.341 e. The number of anilines is 1. The number of piperidine rings is 1. The van der Waals surface area contributed by atoms with E-state index >= 15 is 0 Å². The predicted molar refractivity (Wildman–Crippen MR) is 104 cm³/mol. The van der Waals surface area contributed by atoms with Gasteiger partial charge in [0.1, 0.15) is 0 Å². The van der Waals surface area contributed by atoms with Gasteiger partial charge in [-0.2, -0.15) is 0 Å². The van der Waals surface area contributed by atoms with E-state index in [4.69, 9.17) is 0 Å². The van der Waals surface area contributed by atoms with Crippen molar-refractivity contribution in [3.8, 4) is 0 Å². The second kappa shape index (κ2) is 6.99. The summed E-state index contributed by atoms with van der Waals surface area (Å²) >= 11 is 0. The van der Waals surface area contributed by atoms with Crippen molar-refractivity contribution in [3.05, 3.63) is 53.9 Å². The third kappa shape index (κ3) is 3.11. The number of nitrogens with zero attached hydrogens (tertiary/aromatic N) is 4. The van der Waals surface area contributed by atoms with Crippen molar-refractivity contribution in [3.63, 3.8) is 0 Å². The van der Waals surface area contributed by atoms with E-state index in [-0.39, 0.29) is 0 Å². The summed E-state index contributed by atoms with van der Waals surface area (Å²) in [6.45, 7) is 4.83. The topological polar surface area (TPSA) is 32.3 Å². The molecule has 1 aromatic heterocycles. The van der Waals surface area contributed by atoms with Crippen molar-refractivity contribution in [2.75, 3.05) is 31.1 Å². The molecule has 4 nitrogen and oxygen atoms in total. The highest BCUT2D eigenvalue weighted by Crippen LogP contribution is 2.35. The Morgan fingerprint density at radius 2 is 1.42 bits per heavy atom. The van der Waals surface area contributed by atoms with E-state index in [1.807, 2.05) is 18.5 Å². The molecule has 136 valence electrons. The zero-order valence-electron chi connectivity index (χ0n) is 15.4. The summed E-state index contributed by atoms with van der Waals surface area (Å²) in [6, 6.07) is 11.7. The van der Waals surface area contributed by atoms with Crippen molar-refractivity contribution in [1.82, 2.24) is 14.9 Å². The van der Waals surface area contributed by atoms with Crippen LogP contribution in [0.25, 0.3) is 0 Å². The molecule has 0 spiro atoms. The Balaban J connectivity index is 1.15. The molecular weight excluding hydrogens is 320 g/mol. The molecule has 2 saturated heterocycles. The summed E-state index contributed by atoms with van der Waals surface area (Å²) in [5.74, 6) is 2.67. The normalized spacial score (nSPS) is 24.9. The number of benzene rings is 1. The third-order valence-corrected chi connectivity index (χ3v) is 6.84. The lowest BCUT2D eigenvalue weighted by atomic mass is 9.84. The van der Waals surface area contributed by atoms with E-state index in [0.29, 0.717) is 0 Å². The monoisotopic (exact) mass is 348 g/mol. The number of hydrogen-bond acceptors (Lipinski definition) is 4. The fourth-order valence-corrected chi connectivity index (χ4v) is 5.35. The molecule has 0 amide bonds. The van der Waals surface area contributed by atoms with Gasteiger partial charge in [0.05, 0.1) is 0 Å². The summed E-state index contributed by atoms with van der Waals surface area (Å²) < 4.78 is 0. The Morgan fingerprint density at radius 3 is 2.12 bits per heavy atom. The lowest BCUT2D eigenvalue weighted by Gasteiger charge is -2.35. The van der Waals surface area contributed by atoms with Crippen LogP contribution in [0.4, 0.5) is 5.95 Å². The maximum Gasteiger partial charge on any atom is 0.225 e. The average molecular weight is 348 g/mol. The molecule has 2 fully saturated rings. The standard InChI is InChI=1S/C22H28N4/c1-2-5-19-15-21(14-18(19)4-1)26-13-8-20(16-26)17-6-11-25(12-7-17)22-23-9-3-10-24-22/h1-5,9-10,17,20-21H,6-8,11-16H2. The molecule has 0 radical (unpaired) electrons. The zero-order valence-corrected chi connectivity index (χ0v) is 15.4. The maximum atomic E-state index is 4.42. The minimum Gasteiger partial charge on any atom is -0.341 e. The van der Waals surface area contributed by atoms with Crippen LogP contribution in [0.3, 0.4) is 0 Å². The van der Waals surface area contributed by atoms with Gasteiger partial charge in [-0.1, -0.05) is 24.3 Å². The van der Waals surface area contributed by atoms with E-state index in [1.54, 1.807) is 11.1 Å². The van der Waals surface area contributed by atoms with Crippen molar-refractivity contribution in [2.24, 2.45) is 11.8 Å². The number of fused-ring (bicyclic) bond motifs is 1. The molecule has 2 aliphatic heterocycles. The molecule has 1 atom stereocenters. The molecule has 0 N–H and O–H groups in total. The van der Waals surface area contributed by atoms with Crippen LogP contribution < -0.4 is 4.90 Å². The summed E-state index contributed by atoms with van der Waals surface area (Å²) in [6.07, 6.45) is 10.2. The highest BCUT2D eigenvalue weighted by atomic mass is 15.2. The van der Waals surface area contributed by atoms with Crippen molar-refractivity contribution in [2.45, 2.75) is 38.1 Å². The van der Waals surface area contributed by atoms with Crippen LogP contribution in [0.2, 0.25) is 0 Å². The minimum atomic E-state index is 0.746. The van der Waals surface area contributed by atoms with E-state index in [2.05, 4.69) is 44.0 Å². The fraction of sp³-hybridized carbons (Fsp3) is 0.545. The Labute approximate surface area is 156 Å². The van der Waals surface area contributed by atoms with Gasteiger partial charge in [-0.05, 0) is 67.7 Å². The summed E-state index contributed by atoms with van der Waals surface area (Å²) in [5.41, 5.74) is 3.16. The van der Waals surface area contributed by atoms with Crippen molar-refractivity contribution >= 4 is 5.95 Å². The van der Waals surface area contributed by atoms with Gasteiger partial charge in [0, 0.05) is 38.1 Å². The van der Waals surface area contributed by atoms with Gasteiger partial charge >= 0.3 is 0 Å². The number of rotatable bonds is 3. The maximum absolute atomic E-state index is 4.42. The summed E-state index contributed by atoms with van der Waals surface area (Å²) in [4.78, 5) is 14.0.